The van der Waals surface area contributed by atoms with Gasteiger partial charge >= 0.3 is 0 Å². The van der Waals surface area contributed by atoms with Gasteiger partial charge in [0.15, 0.2) is 0 Å². The Bertz CT molecular complexity index is 482. The lowest BCUT2D eigenvalue weighted by atomic mass is 10.2. The van der Waals surface area contributed by atoms with Gasteiger partial charge in [0.05, 0.1) is 0 Å². The van der Waals surface area contributed by atoms with Crippen molar-refractivity contribution in [2.75, 3.05) is 5.43 Å². The first-order valence-electron chi connectivity index (χ1n) is 5.39. The maximum Gasteiger partial charge on any atom is 0.140 e. The normalized spacial score (nSPS) is 10.2. The van der Waals surface area contributed by atoms with Crippen molar-refractivity contribution in [3.8, 4) is 0 Å². The van der Waals surface area contributed by atoms with Crippen LogP contribution in [0, 0.1) is 6.92 Å². The summed E-state index contributed by atoms with van der Waals surface area (Å²) in [5.41, 5.74) is 5.04. The van der Waals surface area contributed by atoms with Crippen LogP contribution in [0.25, 0.3) is 0 Å². The average molecular weight is 245 g/mol. The summed E-state index contributed by atoms with van der Waals surface area (Å²) in [6.45, 7) is 2.09. The minimum Gasteiger partial charge on any atom is -0.308 e. The standard InChI is InChI=1S/C13H15N3S/c1-10-2-4-12(5-3-10)17-9-11-6-7-15-13(8-11)16-14/h2-8H,9,14H2,1H3,(H,15,16). The van der Waals surface area contributed by atoms with E-state index in [0.29, 0.717) is 5.82 Å². The Balaban J connectivity index is 1.99. The van der Waals surface area contributed by atoms with E-state index in [2.05, 4.69) is 41.6 Å². The van der Waals surface area contributed by atoms with Crippen LogP contribution in [0.4, 0.5) is 5.82 Å². The zero-order valence-electron chi connectivity index (χ0n) is 9.68. The number of hydrazine groups is 1. The van der Waals surface area contributed by atoms with Gasteiger partial charge in [0.1, 0.15) is 5.82 Å². The number of rotatable bonds is 4. The summed E-state index contributed by atoms with van der Waals surface area (Å²) < 4.78 is 0. The van der Waals surface area contributed by atoms with Gasteiger partial charge in [-0.05, 0) is 36.8 Å². The third-order valence-electron chi connectivity index (χ3n) is 2.40. The van der Waals surface area contributed by atoms with Gasteiger partial charge in [-0.1, -0.05) is 17.7 Å². The Labute approximate surface area is 105 Å². The molecule has 0 aliphatic carbocycles. The summed E-state index contributed by atoms with van der Waals surface area (Å²) in [6.07, 6.45) is 1.76. The van der Waals surface area contributed by atoms with E-state index in [1.54, 1.807) is 18.0 Å². The van der Waals surface area contributed by atoms with Gasteiger partial charge < -0.3 is 5.43 Å². The number of nitrogens with two attached hydrogens (primary N) is 1. The molecule has 0 radical (unpaired) electrons. The maximum absolute atomic E-state index is 5.32. The topological polar surface area (TPSA) is 50.9 Å². The molecular formula is C13H15N3S. The zero-order chi connectivity index (χ0) is 12.1. The average Bonchev–Trinajstić information content (AvgIpc) is 2.38. The van der Waals surface area contributed by atoms with Gasteiger partial charge in [0.2, 0.25) is 0 Å². The monoisotopic (exact) mass is 245 g/mol. The number of nitrogen functional groups attached to an aromatic ring is 1. The molecule has 3 nitrogen and oxygen atoms in total. The molecule has 0 spiro atoms. The van der Waals surface area contributed by atoms with Crippen LogP contribution >= 0.6 is 11.8 Å². The minimum atomic E-state index is 0.701. The fraction of sp³-hybridized carbons (Fsp3) is 0.154. The molecule has 0 saturated carbocycles. The van der Waals surface area contributed by atoms with E-state index >= 15 is 0 Å². The predicted octanol–water partition coefficient (Wildman–Crippen LogP) is 2.97. The summed E-state index contributed by atoms with van der Waals surface area (Å²) in [4.78, 5) is 5.35. The van der Waals surface area contributed by atoms with Crippen LogP contribution in [-0.2, 0) is 5.75 Å². The number of aromatic nitrogens is 1. The van der Waals surface area contributed by atoms with E-state index in [4.69, 9.17) is 5.84 Å². The Kier molecular flexibility index (Phi) is 4.01. The number of hydrogen-bond acceptors (Lipinski definition) is 4. The van der Waals surface area contributed by atoms with Crippen LogP contribution in [0.2, 0.25) is 0 Å². The van der Waals surface area contributed by atoms with Crippen LogP contribution in [0.5, 0.6) is 0 Å². The molecule has 0 amide bonds. The second-order valence-corrected chi connectivity index (χ2v) is 4.84. The Morgan fingerprint density at radius 3 is 2.71 bits per heavy atom. The first-order valence-corrected chi connectivity index (χ1v) is 6.37. The fourth-order valence-corrected chi connectivity index (χ4v) is 2.29. The predicted molar refractivity (Wildman–Crippen MR) is 72.8 cm³/mol. The first-order chi connectivity index (χ1) is 8.28. The number of aryl methyl sites for hydroxylation is 1. The molecule has 2 rings (SSSR count). The molecule has 0 aliphatic heterocycles. The third-order valence-corrected chi connectivity index (χ3v) is 3.48. The van der Waals surface area contributed by atoms with E-state index in [0.717, 1.165) is 5.75 Å². The molecule has 1 aromatic carbocycles. The molecule has 3 N–H and O–H groups in total. The largest absolute Gasteiger partial charge is 0.308 e. The minimum absolute atomic E-state index is 0.701. The highest BCUT2D eigenvalue weighted by Crippen LogP contribution is 2.23. The van der Waals surface area contributed by atoms with E-state index in [9.17, 15) is 0 Å². The smallest absolute Gasteiger partial charge is 0.140 e. The molecule has 0 saturated heterocycles. The van der Waals surface area contributed by atoms with Crippen molar-refractivity contribution >= 4 is 17.6 Å². The van der Waals surface area contributed by atoms with E-state index in [1.165, 1.54) is 16.0 Å². The molecular weight excluding hydrogens is 230 g/mol. The van der Waals surface area contributed by atoms with Gasteiger partial charge in [0, 0.05) is 16.8 Å². The molecule has 0 fully saturated rings. The number of benzene rings is 1. The lowest BCUT2D eigenvalue weighted by molar-refractivity contribution is 1.20. The van der Waals surface area contributed by atoms with Crippen molar-refractivity contribution < 1.29 is 0 Å². The lowest BCUT2D eigenvalue weighted by Crippen LogP contribution is -2.08. The van der Waals surface area contributed by atoms with Crippen molar-refractivity contribution in [1.29, 1.82) is 0 Å². The number of hydrogen-bond donors (Lipinski definition) is 2. The van der Waals surface area contributed by atoms with Crippen molar-refractivity contribution in [3.63, 3.8) is 0 Å². The highest BCUT2D eigenvalue weighted by molar-refractivity contribution is 7.98. The van der Waals surface area contributed by atoms with Gasteiger partial charge in [0.25, 0.3) is 0 Å². The molecule has 2 aromatic rings. The summed E-state index contributed by atoms with van der Waals surface area (Å²) in [7, 11) is 0. The van der Waals surface area contributed by atoms with Crippen molar-refractivity contribution in [2.24, 2.45) is 5.84 Å². The van der Waals surface area contributed by atoms with E-state index in [1.807, 2.05) is 12.1 Å². The highest BCUT2D eigenvalue weighted by Gasteiger charge is 1.98. The zero-order valence-corrected chi connectivity index (χ0v) is 10.5. The molecule has 0 aliphatic rings. The van der Waals surface area contributed by atoms with E-state index in [-0.39, 0.29) is 0 Å². The van der Waals surface area contributed by atoms with Gasteiger partial charge in [-0.2, -0.15) is 0 Å². The van der Waals surface area contributed by atoms with Crippen molar-refractivity contribution in [3.05, 3.63) is 53.7 Å². The maximum atomic E-state index is 5.32. The quantitative estimate of drug-likeness (QED) is 0.494. The number of nitrogens with one attached hydrogen (secondary N) is 1. The Morgan fingerprint density at radius 2 is 2.00 bits per heavy atom. The Morgan fingerprint density at radius 1 is 1.24 bits per heavy atom. The molecule has 1 aromatic heterocycles. The number of nitrogens with zero attached hydrogens (tertiary/aromatic N) is 1. The number of thioether (sulfide) groups is 1. The fourth-order valence-electron chi connectivity index (χ4n) is 1.44. The highest BCUT2D eigenvalue weighted by atomic mass is 32.2. The molecule has 88 valence electrons. The SMILES string of the molecule is Cc1ccc(SCc2ccnc(NN)c2)cc1. The molecule has 17 heavy (non-hydrogen) atoms. The summed E-state index contributed by atoms with van der Waals surface area (Å²) in [6, 6.07) is 12.5. The van der Waals surface area contributed by atoms with Crippen LogP contribution in [-0.4, -0.2) is 4.98 Å². The van der Waals surface area contributed by atoms with Gasteiger partial charge in [-0.25, -0.2) is 10.8 Å². The van der Waals surface area contributed by atoms with Gasteiger partial charge in [-0.3, -0.25) is 0 Å². The van der Waals surface area contributed by atoms with Crippen LogP contribution in [0.1, 0.15) is 11.1 Å². The van der Waals surface area contributed by atoms with Crippen molar-refractivity contribution in [2.45, 2.75) is 17.6 Å². The summed E-state index contributed by atoms with van der Waals surface area (Å²) >= 11 is 1.81. The van der Waals surface area contributed by atoms with Crippen LogP contribution in [0.3, 0.4) is 0 Å². The van der Waals surface area contributed by atoms with Gasteiger partial charge in [-0.15, -0.1) is 11.8 Å². The van der Waals surface area contributed by atoms with E-state index < -0.39 is 0 Å². The molecule has 0 bridgehead atoms. The number of anilines is 1. The van der Waals surface area contributed by atoms with Crippen LogP contribution in [0.15, 0.2) is 47.5 Å². The molecule has 1 heterocycles. The molecule has 0 unspecified atom stereocenters. The second-order valence-electron chi connectivity index (χ2n) is 3.80. The summed E-state index contributed by atoms with van der Waals surface area (Å²) in [5, 5.41) is 0. The Hall–Kier alpha value is -1.52. The lowest BCUT2D eigenvalue weighted by Gasteiger charge is -2.04. The van der Waals surface area contributed by atoms with Crippen molar-refractivity contribution in [1.82, 2.24) is 4.98 Å². The molecule has 0 atom stereocenters. The third kappa shape index (κ3) is 3.47. The second kappa shape index (κ2) is 5.70. The number of pyridine rings is 1. The van der Waals surface area contributed by atoms with Crippen LogP contribution < -0.4 is 11.3 Å². The summed E-state index contributed by atoms with van der Waals surface area (Å²) in [5.74, 6) is 6.94. The molecule has 4 heteroatoms. The first kappa shape index (κ1) is 12.0.